The van der Waals surface area contributed by atoms with E-state index in [-0.39, 0.29) is 59.0 Å². The normalized spacial score (nSPS) is 14.1. The molecule has 0 aromatic carbocycles. The summed E-state index contributed by atoms with van der Waals surface area (Å²) in [5.74, 6) is 0. The van der Waals surface area contributed by atoms with E-state index in [0.29, 0.717) is 277 Å². The molecule has 0 amide bonds. The largest absolute Gasteiger partial charge is 0.384 e. The lowest BCUT2D eigenvalue weighted by molar-refractivity contribution is -0.144. The highest BCUT2D eigenvalue weighted by molar-refractivity contribution is 4.87. The molecule has 0 saturated carbocycles. The van der Waals surface area contributed by atoms with Gasteiger partial charge in [-0.1, -0.05) is 0 Å². The fourth-order valence-corrected chi connectivity index (χ4v) is 13.4. The van der Waals surface area contributed by atoms with Gasteiger partial charge in [-0.05, 0) is 0 Å². The Hall–Kier alpha value is -1.64. The molecule has 0 saturated heterocycles. The van der Waals surface area contributed by atoms with E-state index in [9.17, 15) is 0 Å². The molecule has 41 heteroatoms. The lowest BCUT2D eigenvalue weighted by Gasteiger charge is -2.37. The van der Waals surface area contributed by atoms with Gasteiger partial charge in [0, 0.05) is 235 Å². The van der Waals surface area contributed by atoms with Crippen molar-refractivity contribution < 1.29 is 194 Å². The van der Waals surface area contributed by atoms with Crippen molar-refractivity contribution in [2.24, 2.45) is 37.9 Å². The second-order valence-corrected chi connectivity index (χ2v) is 32.0. The fourth-order valence-electron chi connectivity index (χ4n) is 13.4. The second kappa shape index (κ2) is 97.6. The monoisotopic (exact) mass is 1920 g/mol. The molecular weight excluding hydrogens is 1720 g/mol. The van der Waals surface area contributed by atoms with Crippen LogP contribution in [0.15, 0.2) is 0 Å². The molecule has 0 rings (SSSR count). The van der Waals surface area contributed by atoms with E-state index in [1.807, 2.05) is 0 Å². The quantitative estimate of drug-likeness (QED) is 0.0834. The molecule has 0 fully saturated rings. The second-order valence-electron chi connectivity index (χ2n) is 32.0. The molecule has 0 aliphatic heterocycles. The van der Waals surface area contributed by atoms with E-state index >= 15 is 0 Å². The van der Waals surface area contributed by atoms with Gasteiger partial charge in [-0.15, -0.1) is 0 Å². The summed E-state index contributed by atoms with van der Waals surface area (Å²) in [6.45, 7) is 18.5. The maximum Gasteiger partial charge on any atom is 0.104 e. The number of rotatable bonds is 91. The van der Waals surface area contributed by atoms with Gasteiger partial charge >= 0.3 is 0 Å². The van der Waals surface area contributed by atoms with Gasteiger partial charge < -0.3 is 194 Å². The molecule has 6 unspecified atom stereocenters. The van der Waals surface area contributed by atoms with Crippen LogP contribution in [0.25, 0.3) is 0 Å². The maximum atomic E-state index is 6.20. The van der Waals surface area contributed by atoms with Crippen molar-refractivity contribution in [2.75, 3.05) is 512 Å². The van der Waals surface area contributed by atoms with E-state index in [0.717, 1.165) is 0 Å². The van der Waals surface area contributed by atoms with Gasteiger partial charge in [0.1, 0.15) is 42.7 Å². The van der Waals surface area contributed by atoms with Gasteiger partial charge in [-0.25, -0.2) is 0 Å². The molecule has 0 aliphatic carbocycles. The third-order valence-corrected chi connectivity index (χ3v) is 19.2. The molecule has 792 valence electrons. The van der Waals surface area contributed by atoms with E-state index in [4.69, 9.17) is 194 Å². The molecule has 130 heavy (non-hydrogen) atoms. The smallest absolute Gasteiger partial charge is 0.104 e. The average molecular weight is 1920 g/mol. The minimum atomic E-state index is -0.645. The van der Waals surface area contributed by atoms with Gasteiger partial charge in [-0.3, -0.25) is 0 Å². The van der Waals surface area contributed by atoms with Crippen molar-refractivity contribution in [1.82, 2.24) is 0 Å². The van der Waals surface area contributed by atoms with Crippen molar-refractivity contribution in [2.45, 2.75) is 42.7 Å². The van der Waals surface area contributed by atoms with Crippen LogP contribution in [0.2, 0.25) is 0 Å². The summed E-state index contributed by atoms with van der Waals surface area (Å²) >= 11 is 0. The van der Waals surface area contributed by atoms with E-state index < -0.39 is 21.7 Å². The number of ether oxygens (including phenoxy) is 41. The minimum absolute atomic E-state index is 0.0324. The topological polar surface area (TPSA) is 378 Å². The van der Waals surface area contributed by atoms with Gasteiger partial charge in [0.05, 0.1) is 315 Å². The number of hydrogen-bond donors (Lipinski definition) is 0. The highest BCUT2D eigenvalue weighted by Gasteiger charge is 2.41. The summed E-state index contributed by atoms with van der Waals surface area (Å²) < 4.78 is 222. The van der Waals surface area contributed by atoms with Crippen LogP contribution in [-0.4, -0.2) is 555 Å². The lowest BCUT2D eigenvalue weighted by atomic mass is 9.89. The maximum absolute atomic E-state index is 6.20. The van der Waals surface area contributed by atoms with Gasteiger partial charge in [0.2, 0.25) is 0 Å². The standard InChI is InChI=1S/C25H52O12.C23H48O10.C16H34O7.C10H22O5.C9H20O4.C6H14O3/c1-26-9-21(30-5)13-34-17-25(18-35-14-22(31-6)10-27-2,19-36-15-23(32-7)11-28-3)20-37-16-24(33-8)12-29-4;1-24-9-21(10-25-2,11-26-3)17-32-19-23(15-30-7,16-31-8)20-33-18-22(12-27-4,13-28-5)14-29-6;1-17-7-15(8-18-2,9-19-3)13-23-14-16(10-20-4,11-21-5)12-22-6;1-11-5-9(13-3)7-15-8-10(14-4)6-12-2;1-10-5-9(6-11-2,7-12-3)8-13-4;1-7-4-6(9-3)5-8-2/h21-24H,9-20H2,1-8H3;9-20H2,1-8H3;7-14H2,1-6H3;9-10H,5-8H2,1-4H3;5-8H2,1-4H3;6H,4-5H2,1-3H3. The van der Waals surface area contributed by atoms with Crippen molar-refractivity contribution in [3.63, 3.8) is 0 Å². The molecule has 0 radical (unpaired) electrons. The third kappa shape index (κ3) is 71.8. The van der Waals surface area contributed by atoms with Crippen LogP contribution in [0.4, 0.5) is 0 Å². The van der Waals surface area contributed by atoms with Crippen molar-refractivity contribution in [1.29, 1.82) is 0 Å². The molecule has 0 aromatic heterocycles. The first kappa shape index (κ1) is 139. The van der Waals surface area contributed by atoms with Crippen LogP contribution in [0.5, 0.6) is 0 Å². The zero-order chi connectivity index (χ0) is 99.2. The predicted molar refractivity (Wildman–Crippen MR) is 488 cm³/mol. The molecule has 0 heterocycles. The molecule has 0 N–H and O–H groups in total. The Morgan fingerprint density at radius 1 is 0.100 bits per heavy atom. The first-order valence-corrected chi connectivity index (χ1v) is 42.9. The fraction of sp³-hybridized carbons (Fsp3) is 1.00. The minimum Gasteiger partial charge on any atom is -0.384 e. The molecule has 41 nitrogen and oxygen atoms in total. The van der Waals surface area contributed by atoms with Crippen LogP contribution in [-0.2, 0) is 194 Å². The third-order valence-electron chi connectivity index (χ3n) is 19.2. The first-order chi connectivity index (χ1) is 62.8. The lowest BCUT2D eigenvalue weighted by Crippen LogP contribution is -2.46. The average Bonchev–Trinajstić information content (AvgIpc) is 0.846. The Morgan fingerprint density at radius 3 is 0.308 bits per heavy atom. The molecule has 0 aliphatic rings. The molecule has 0 bridgehead atoms. The molecule has 0 spiro atoms. The van der Waals surface area contributed by atoms with Gasteiger partial charge in [0.15, 0.2) is 0 Å². The Balaban J connectivity index is -0.000000376. The zero-order valence-electron chi connectivity index (χ0n) is 87.0. The Morgan fingerprint density at radius 2 is 0.192 bits per heavy atom. The Labute approximate surface area is 784 Å². The summed E-state index contributed by atoms with van der Waals surface area (Å²) in [6, 6.07) is 0. The van der Waals surface area contributed by atoms with Crippen molar-refractivity contribution >= 4 is 0 Å². The van der Waals surface area contributed by atoms with Crippen molar-refractivity contribution in [3.05, 3.63) is 0 Å². The highest BCUT2D eigenvalue weighted by atomic mass is 16.6. The number of hydrogen-bond acceptors (Lipinski definition) is 41. The number of methoxy groups -OCH3 is 33. The van der Waals surface area contributed by atoms with Crippen LogP contribution in [0.3, 0.4) is 0 Å². The van der Waals surface area contributed by atoms with Crippen LogP contribution < -0.4 is 0 Å². The summed E-state index contributed by atoms with van der Waals surface area (Å²) in [7, 11) is 54.3. The van der Waals surface area contributed by atoms with Crippen LogP contribution >= 0.6 is 0 Å². The predicted octanol–water partition coefficient (Wildman–Crippen LogP) is 3.87. The van der Waals surface area contributed by atoms with Gasteiger partial charge in [-0.2, -0.15) is 0 Å². The molecule has 0 aromatic rings. The van der Waals surface area contributed by atoms with Crippen LogP contribution in [0.1, 0.15) is 0 Å². The summed E-state index contributed by atoms with van der Waals surface area (Å²) in [5.41, 5.74) is -2.89. The van der Waals surface area contributed by atoms with E-state index in [1.165, 1.54) is 0 Å². The molecular formula is C89H190O41. The highest BCUT2D eigenvalue weighted by Crippen LogP contribution is 2.29. The van der Waals surface area contributed by atoms with Gasteiger partial charge in [0.25, 0.3) is 0 Å². The Kier molecular flexibility index (Phi) is 104. The Bertz CT molecular complexity index is 1930. The summed E-state index contributed by atoms with van der Waals surface area (Å²) in [5, 5.41) is 0. The molecule has 6 atom stereocenters. The summed E-state index contributed by atoms with van der Waals surface area (Å²) in [6.07, 6.45) is -0.813. The SMILES string of the molecule is COCC(COC)(COC)COC.COCC(COC)(COC)COCC(COC)(COC)COC.COCC(COC)(COC)COCC(COC)(COC)COCC(COC)(COC)COC.COCC(COC)OC.COCC(COCC(COC)OC)OC.COCC(COCC(COCC(COC)OC)(COCC(COC)OC)COCC(COC)OC)OC. The zero-order valence-corrected chi connectivity index (χ0v) is 87.0. The first-order valence-electron chi connectivity index (χ1n) is 42.9. The van der Waals surface area contributed by atoms with E-state index in [1.54, 1.807) is 235 Å². The van der Waals surface area contributed by atoms with E-state index in [2.05, 4.69) is 0 Å². The summed E-state index contributed by atoms with van der Waals surface area (Å²) in [4.78, 5) is 0. The van der Waals surface area contributed by atoms with Crippen LogP contribution in [0, 0.1) is 37.9 Å². The van der Waals surface area contributed by atoms with Crippen molar-refractivity contribution in [3.8, 4) is 0 Å².